The summed E-state index contributed by atoms with van der Waals surface area (Å²) in [5, 5.41) is 18.0. The van der Waals surface area contributed by atoms with E-state index in [1.54, 1.807) is 35.1 Å². The number of anilines is 1. The molecule has 1 heterocycles. The van der Waals surface area contributed by atoms with Crippen LogP contribution in [-0.4, -0.2) is 20.6 Å². The molecular formula is C20H18N4O3. The maximum atomic E-state index is 12.2. The molecular weight excluding hydrogens is 344 g/mol. The number of para-hydroxylation sites is 1. The van der Waals surface area contributed by atoms with E-state index in [4.69, 9.17) is 0 Å². The Morgan fingerprint density at radius 3 is 2.81 bits per heavy atom. The molecule has 0 aliphatic carbocycles. The highest BCUT2D eigenvalue weighted by molar-refractivity contribution is 6.01. The van der Waals surface area contributed by atoms with Crippen LogP contribution in [0.1, 0.15) is 16.7 Å². The van der Waals surface area contributed by atoms with Crippen LogP contribution in [0.2, 0.25) is 0 Å². The predicted molar refractivity (Wildman–Crippen MR) is 103 cm³/mol. The van der Waals surface area contributed by atoms with Crippen molar-refractivity contribution in [1.29, 1.82) is 0 Å². The summed E-state index contributed by atoms with van der Waals surface area (Å²) in [6.07, 6.45) is 4.30. The van der Waals surface area contributed by atoms with Crippen LogP contribution in [-0.2, 0) is 11.3 Å². The molecule has 27 heavy (non-hydrogen) atoms. The van der Waals surface area contributed by atoms with Gasteiger partial charge in [-0.25, -0.2) is 4.68 Å². The van der Waals surface area contributed by atoms with Crippen molar-refractivity contribution < 1.29 is 9.72 Å². The van der Waals surface area contributed by atoms with Gasteiger partial charge < -0.3 is 5.32 Å². The molecule has 3 rings (SSSR count). The van der Waals surface area contributed by atoms with Crippen LogP contribution in [0.15, 0.2) is 66.9 Å². The number of nitrogens with one attached hydrogen (secondary N) is 1. The first-order chi connectivity index (χ1) is 13.0. The first-order valence-electron chi connectivity index (χ1n) is 8.33. The normalized spacial score (nSPS) is 10.9. The van der Waals surface area contributed by atoms with Crippen molar-refractivity contribution in [2.24, 2.45) is 0 Å². The fraction of sp³-hybridized carbons (Fsp3) is 0.100. The number of hydrogen-bond donors (Lipinski definition) is 1. The molecule has 7 nitrogen and oxygen atoms in total. The van der Waals surface area contributed by atoms with Crippen LogP contribution in [0.25, 0.3) is 6.08 Å². The van der Waals surface area contributed by atoms with Gasteiger partial charge in [-0.15, -0.1) is 0 Å². The number of aromatic nitrogens is 2. The van der Waals surface area contributed by atoms with Gasteiger partial charge in [0.25, 0.3) is 5.69 Å². The standard InChI is InChI=1S/C20H18N4O3/c1-15-5-4-6-16(13-15)14-23-19(11-12-21-23)22-20(25)10-9-17-7-2-3-8-18(17)24(26)27/h2-13H,14H2,1H3,(H,22,25)/b10-9+. The van der Waals surface area contributed by atoms with E-state index in [-0.39, 0.29) is 11.6 Å². The second-order valence-corrected chi connectivity index (χ2v) is 6.00. The van der Waals surface area contributed by atoms with E-state index in [0.29, 0.717) is 17.9 Å². The lowest BCUT2D eigenvalue weighted by Crippen LogP contribution is -2.13. The van der Waals surface area contributed by atoms with Gasteiger partial charge in [-0.1, -0.05) is 42.0 Å². The molecule has 1 amide bonds. The molecule has 3 aromatic rings. The Morgan fingerprint density at radius 2 is 2.04 bits per heavy atom. The molecule has 0 saturated carbocycles. The maximum Gasteiger partial charge on any atom is 0.276 e. The molecule has 0 unspecified atom stereocenters. The lowest BCUT2D eigenvalue weighted by atomic mass is 10.1. The second kappa shape index (κ2) is 8.09. The van der Waals surface area contributed by atoms with Gasteiger partial charge in [-0.05, 0) is 24.6 Å². The van der Waals surface area contributed by atoms with Crippen LogP contribution in [0.5, 0.6) is 0 Å². The van der Waals surface area contributed by atoms with Crippen molar-refractivity contribution >= 4 is 23.5 Å². The SMILES string of the molecule is Cc1cccc(Cn2nccc2NC(=O)/C=C/c2ccccc2[N+](=O)[O-])c1. The topological polar surface area (TPSA) is 90.1 Å². The summed E-state index contributed by atoms with van der Waals surface area (Å²) in [6.45, 7) is 2.54. The monoisotopic (exact) mass is 362 g/mol. The number of nitro groups is 1. The molecule has 136 valence electrons. The Labute approximate surface area is 156 Å². The molecule has 2 aromatic carbocycles. The largest absolute Gasteiger partial charge is 0.307 e. The number of nitro benzene ring substituents is 1. The summed E-state index contributed by atoms with van der Waals surface area (Å²) in [4.78, 5) is 22.8. The van der Waals surface area contributed by atoms with Crippen molar-refractivity contribution in [3.63, 3.8) is 0 Å². The van der Waals surface area contributed by atoms with E-state index < -0.39 is 4.92 Å². The summed E-state index contributed by atoms with van der Waals surface area (Å²) >= 11 is 0. The Bertz CT molecular complexity index is 1010. The van der Waals surface area contributed by atoms with Gasteiger partial charge in [0.15, 0.2) is 0 Å². The van der Waals surface area contributed by atoms with E-state index in [0.717, 1.165) is 11.1 Å². The fourth-order valence-corrected chi connectivity index (χ4v) is 2.68. The third-order valence-electron chi connectivity index (χ3n) is 3.93. The van der Waals surface area contributed by atoms with Crippen molar-refractivity contribution in [2.45, 2.75) is 13.5 Å². The predicted octanol–water partition coefficient (Wildman–Crippen LogP) is 3.80. The maximum absolute atomic E-state index is 12.2. The van der Waals surface area contributed by atoms with Gasteiger partial charge in [0.1, 0.15) is 5.82 Å². The number of aryl methyl sites for hydroxylation is 1. The minimum Gasteiger partial charge on any atom is -0.307 e. The Kier molecular flexibility index (Phi) is 5.41. The summed E-state index contributed by atoms with van der Waals surface area (Å²) in [5.41, 5.74) is 2.54. The third-order valence-corrected chi connectivity index (χ3v) is 3.93. The zero-order valence-corrected chi connectivity index (χ0v) is 14.7. The van der Waals surface area contributed by atoms with Gasteiger partial charge >= 0.3 is 0 Å². The van der Waals surface area contributed by atoms with Gasteiger partial charge in [0.2, 0.25) is 5.91 Å². The fourth-order valence-electron chi connectivity index (χ4n) is 2.68. The van der Waals surface area contributed by atoms with Crippen molar-refractivity contribution in [3.8, 4) is 0 Å². The number of hydrogen-bond acceptors (Lipinski definition) is 4. The first-order valence-corrected chi connectivity index (χ1v) is 8.33. The van der Waals surface area contributed by atoms with Gasteiger partial charge in [0, 0.05) is 18.2 Å². The van der Waals surface area contributed by atoms with Gasteiger partial charge in [0.05, 0.1) is 23.2 Å². The number of benzene rings is 2. The molecule has 7 heteroatoms. The molecule has 0 saturated heterocycles. The molecule has 0 radical (unpaired) electrons. The highest BCUT2D eigenvalue weighted by Gasteiger charge is 2.10. The zero-order chi connectivity index (χ0) is 19.2. The number of rotatable bonds is 6. The highest BCUT2D eigenvalue weighted by atomic mass is 16.6. The Morgan fingerprint density at radius 1 is 1.22 bits per heavy atom. The van der Waals surface area contributed by atoms with Crippen LogP contribution >= 0.6 is 0 Å². The van der Waals surface area contributed by atoms with E-state index >= 15 is 0 Å². The van der Waals surface area contributed by atoms with Crippen LogP contribution in [0.4, 0.5) is 11.5 Å². The summed E-state index contributed by atoms with van der Waals surface area (Å²) in [5.74, 6) is 0.160. The third kappa shape index (κ3) is 4.66. The Balaban J connectivity index is 1.71. The summed E-state index contributed by atoms with van der Waals surface area (Å²) < 4.78 is 1.69. The van der Waals surface area contributed by atoms with Gasteiger partial charge in [-0.3, -0.25) is 14.9 Å². The van der Waals surface area contributed by atoms with Crippen LogP contribution in [0, 0.1) is 17.0 Å². The van der Waals surface area contributed by atoms with Crippen molar-refractivity contribution in [3.05, 3.63) is 93.7 Å². The molecule has 0 aliphatic rings. The quantitative estimate of drug-likeness (QED) is 0.410. The number of nitrogens with zero attached hydrogens (tertiary/aromatic N) is 3. The highest BCUT2D eigenvalue weighted by Crippen LogP contribution is 2.19. The summed E-state index contributed by atoms with van der Waals surface area (Å²) in [7, 11) is 0. The molecule has 1 N–H and O–H groups in total. The number of carbonyl (C=O) groups is 1. The van der Waals surface area contributed by atoms with E-state index in [1.165, 1.54) is 18.2 Å². The van der Waals surface area contributed by atoms with Gasteiger partial charge in [-0.2, -0.15) is 5.10 Å². The van der Waals surface area contributed by atoms with Crippen molar-refractivity contribution in [1.82, 2.24) is 9.78 Å². The lowest BCUT2D eigenvalue weighted by molar-refractivity contribution is -0.385. The second-order valence-electron chi connectivity index (χ2n) is 6.00. The minimum absolute atomic E-state index is 0.0500. The zero-order valence-electron chi connectivity index (χ0n) is 14.7. The van der Waals surface area contributed by atoms with E-state index in [9.17, 15) is 14.9 Å². The molecule has 0 aliphatic heterocycles. The lowest BCUT2D eigenvalue weighted by Gasteiger charge is -2.08. The average Bonchev–Trinajstić information content (AvgIpc) is 3.06. The number of carbonyl (C=O) groups excluding carboxylic acids is 1. The molecule has 0 atom stereocenters. The molecule has 0 spiro atoms. The Hall–Kier alpha value is -3.74. The van der Waals surface area contributed by atoms with E-state index in [2.05, 4.69) is 16.5 Å². The molecule has 1 aromatic heterocycles. The van der Waals surface area contributed by atoms with E-state index in [1.807, 2.05) is 25.1 Å². The average molecular weight is 362 g/mol. The first kappa shape index (κ1) is 18.1. The number of amides is 1. The molecule has 0 fully saturated rings. The van der Waals surface area contributed by atoms with Crippen molar-refractivity contribution in [2.75, 3.05) is 5.32 Å². The minimum atomic E-state index is -0.478. The smallest absolute Gasteiger partial charge is 0.276 e. The molecule has 0 bridgehead atoms. The van der Waals surface area contributed by atoms with Crippen LogP contribution in [0.3, 0.4) is 0 Å². The summed E-state index contributed by atoms with van der Waals surface area (Å²) in [6, 6.07) is 16.0. The van der Waals surface area contributed by atoms with Crippen LogP contribution < -0.4 is 5.32 Å².